The van der Waals surface area contributed by atoms with E-state index in [0.29, 0.717) is 23.8 Å². The van der Waals surface area contributed by atoms with Crippen LogP contribution in [0, 0.1) is 34.5 Å². The first-order valence-corrected chi connectivity index (χ1v) is 9.73. The highest BCUT2D eigenvalue weighted by Crippen LogP contribution is 2.65. The SMILES string of the molecule is CC1CC2N(C)C(=O)CC[C@]2(C)[C@@H]2CC[C@]3(C)C(O)CC[C@H]3[C@H]12. The molecule has 0 radical (unpaired) electrons. The zero-order valence-corrected chi connectivity index (χ0v) is 15.2. The van der Waals surface area contributed by atoms with Crippen molar-refractivity contribution in [3.8, 4) is 0 Å². The largest absolute Gasteiger partial charge is 0.393 e. The predicted octanol–water partition coefficient (Wildman–Crippen LogP) is 3.46. The van der Waals surface area contributed by atoms with Crippen LogP contribution in [0.5, 0.6) is 0 Å². The van der Waals surface area contributed by atoms with E-state index in [1.165, 1.54) is 19.3 Å². The van der Waals surface area contributed by atoms with Crippen LogP contribution in [-0.4, -0.2) is 35.1 Å². The number of carbonyl (C=O) groups excluding carboxylic acids is 1. The third-order valence-corrected chi connectivity index (χ3v) is 8.88. The first-order valence-electron chi connectivity index (χ1n) is 9.73. The van der Waals surface area contributed by atoms with Crippen LogP contribution in [0.2, 0.25) is 0 Å². The Bertz CT molecular complexity index is 520. The summed E-state index contributed by atoms with van der Waals surface area (Å²) in [7, 11) is 2.03. The quantitative estimate of drug-likeness (QED) is 0.743. The molecular weight excluding hydrogens is 286 g/mol. The lowest BCUT2D eigenvalue weighted by Crippen LogP contribution is -2.63. The number of aliphatic hydroxyl groups is 1. The summed E-state index contributed by atoms with van der Waals surface area (Å²) in [5, 5.41) is 10.6. The Balaban J connectivity index is 1.70. The van der Waals surface area contributed by atoms with Crippen LogP contribution < -0.4 is 0 Å². The van der Waals surface area contributed by atoms with E-state index in [2.05, 4.69) is 25.7 Å². The summed E-state index contributed by atoms with van der Waals surface area (Å²) in [6.45, 7) is 7.24. The van der Waals surface area contributed by atoms with Gasteiger partial charge in [0.25, 0.3) is 0 Å². The van der Waals surface area contributed by atoms with Gasteiger partial charge in [0.2, 0.25) is 5.91 Å². The standard InChI is InChI=1S/C20H33NO2/c1-12-11-15-19(2,10-8-17(23)21(15)4)14-7-9-20(3)13(18(12)14)5-6-16(20)22/h12-16,18,22H,5-11H2,1-4H3/t12?,13-,14+,15?,16?,18-,19+,20-/m0/s1. The molecule has 1 saturated heterocycles. The van der Waals surface area contributed by atoms with Crippen molar-refractivity contribution in [3.05, 3.63) is 0 Å². The molecule has 4 aliphatic rings. The Morgan fingerprint density at radius 1 is 1.09 bits per heavy atom. The smallest absolute Gasteiger partial charge is 0.222 e. The van der Waals surface area contributed by atoms with Crippen LogP contribution in [0.15, 0.2) is 0 Å². The maximum Gasteiger partial charge on any atom is 0.222 e. The van der Waals surface area contributed by atoms with E-state index in [0.717, 1.165) is 37.5 Å². The minimum Gasteiger partial charge on any atom is -0.393 e. The molecule has 3 heteroatoms. The Kier molecular flexibility index (Phi) is 3.44. The van der Waals surface area contributed by atoms with Gasteiger partial charge in [0.05, 0.1) is 6.10 Å². The van der Waals surface area contributed by atoms with E-state index in [1.807, 2.05) is 7.05 Å². The molecule has 0 aromatic carbocycles. The van der Waals surface area contributed by atoms with Crippen molar-refractivity contribution in [1.82, 2.24) is 4.90 Å². The number of piperidine rings is 1. The molecule has 0 aromatic rings. The number of amides is 1. The second kappa shape index (κ2) is 4.97. The Morgan fingerprint density at radius 3 is 2.52 bits per heavy atom. The number of carbonyl (C=O) groups is 1. The second-order valence-corrected chi connectivity index (χ2v) is 9.67. The van der Waals surface area contributed by atoms with E-state index in [4.69, 9.17) is 0 Å². The molecule has 23 heavy (non-hydrogen) atoms. The van der Waals surface area contributed by atoms with Gasteiger partial charge in [0.1, 0.15) is 0 Å². The number of hydrogen-bond acceptors (Lipinski definition) is 2. The number of nitrogens with zero attached hydrogens (tertiary/aromatic N) is 1. The molecule has 1 heterocycles. The summed E-state index contributed by atoms with van der Waals surface area (Å²) in [6.07, 6.45) is 7.48. The average molecular weight is 319 g/mol. The lowest BCUT2D eigenvalue weighted by atomic mass is 9.45. The zero-order valence-electron chi connectivity index (χ0n) is 15.2. The first kappa shape index (κ1) is 15.9. The van der Waals surface area contributed by atoms with Gasteiger partial charge in [-0.3, -0.25) is 4.79 Å². The number of hydrogen-bond donors (Lipinski definition) is 1. The molecular formula is C20H33NO2. The van der Waals surface area contributed by atoms with Crippen LogP contribution in [0.3, 0.4) is 0 Å². The molecule has 0 aromatic heterocycles. The molecule has 0 bridgehead atoms. The van der Waals surface area contributed by atoms with Gasteiger partial charge in [-0.15, -0.1) is 0 Å². The average Bonchev–Trinajstić information content (AvgIpc) is 2.82. The van der Waals surface area contributed by atoms with Crippen LogP contribution in [0.1, 0.15) is 65.7 Å². The fourth-order valence-electron chi connectivity index (χ4n) is 7.43. The summed E-state index contributed by atoms with van der Waals surface area (Å²) >= 11 is 0. The van der Waals surface area contributed by atoms with E-state index in [9.17, 15) is 9.90 Å². The molecule has 0 spiro atoms. The maximum atomic E-state index is 12.2. The van der Waals surface area contributed by atoms with Crippen LogP contribution in [0.4, 0.5) is 0 Å². The normalized spacial score (nSPS) is 56.0. The molecule has 8 atom stereocenters. The van der Waals surface area contributed by atoms with Gasteiger partial charge in [0.15, 0.2) is 0 Å². The van der Waals surface area contributed by atoms with Crippen molar-refractivity contribution >= 4 is 5.91 Å². The molecule has 1 amide bonds. The first-order chi connectivity index (χ1) is 10.8. The Hall–Kier alpha value is -0.570. The van der Waals surface area contributed by atoms with Crippen molar-refractivity contribution in [2.45, 2.75) is 77.9 Å². The monoisotopic (exact) mass is 319 g/mol. The van der Waals surface area contributed by atoms with Crippen molar-refractivity contribution in [3.63, 3.8) is 0 Å². The van der Waals surface area contributed by atoms with Crippen LogP contribution in [-0.2, 0) is 4.79 Å². The number of aliphatic hydroxyl groups excluding tert-OH is 1. The van der Waals surface area contributed by atoms with Crippen molar-refractivity contribution in [1.29, 1.82) is 0 Å². The van der Waals surface area contributed by atoms with Crippen LogP contribution in [0.25, 0.3) is 0 Å². The van der Waals surface area contributed by atoms with E-state index in [-0.39, 0.29) is 16.9 Å². The van der Waals surface area contributed by atoms with Crippen molar-refractivity contribution < 1.29 is 9.90 Å². The van der Waals surface area contributed by atoms with E-state index < -0.39 is 0 Å². The van der Waals surface area contributed by atoms with Crippen molar-refractivity contribution in [2.24, 2.45) is 34.5 Å². The molecule has 3 aliphatic carbocycles. The molecule has 1 aliphatic heterocycles. The third-order valence-electron chi connectivity index (χ3n) is 8.88. The fourth-order valence-corrected chi connectivity index (χ4v) is 7.43. The van der Waals surface area contributed by atoms with Gasteiger partial charge in [-0.1, -0.05) is 20.8 Å². The number of rotatable bonds is 0. The van der Waals surface area contributed by atoms with Gasteiger partial charge >= 0.3 is 0 Å². The molecule has 1 N–H and O–H groups in total. The highest BCUT2D eigenvalue weighted by Gasteiger charge is 2.62. The number of likely N-dealkylation sites (tertiary alicyclic amines) is 1. The minimum atomic E-state index is -0.0956. The van der Waals surface area contributed by atoms with Gasteiger partial charge in [-0.2, -0.15) is 0 Å². The summed E-state index contributed by atoms with van der Waals surface area (Å²) < 4.78 is 0. The summed E-state index contributed by atoms with van der Waals surface area (Å²) in [5.74, 6) is 3.17. The third kappa shape index (κ3) is 1.95. The Labute approximate surface area is 140 Å². The molecule has 3 saturated carbocycles. The van der Waals surface area contributed by atoms with Crippen LogP contribution >= 0.6 is 0 Å². The molecule has 3 unspecified atom stereocenters. The van der Waals surface area contributed by atoms with E-state index >= 15 is 0 Å². The molecule has 4 rings (SSSR count). The predicted molar refractivity (Wildman–Crippen MR) is 90.7 cm³/mol. The summed E-state index contributed by atoms with van der Waals surface area (Å²) in [6, 6.07) is 0.427. The second-order valence-electron chi connectivity index (χ2n) is 9.67. The minimum absolute atomic E-state index is 0.0956. The molecule has 4 fully saturated rings. The van der Waals surface area contributed by atoms with Gasteiger partial charge in [-0.25, -0.2) is 0 Å². The Morgan fingerprint density at radius 2 is 1.78 bits per heavy atom. The molecule has 130 valence electrons. The lowest BCUT2D eigenvalue weighted by Gasteiger charge is -2.63. The van der Waals surface area contributed by atoms with Gasteiger partial charge in [-0.05, 0) is 73.0 Å². The van der Waals surface area contributed by atoms with Crippen molar-refractivity contribution in [2.75, 3.05) is 7.05 Å². The topological polar surface area (TPSA) is 40.5 Å². The highest BCUT2D eigenvalue weighted by atomic mass is 16.3. The molecule has 3 nitrogen and oxygen atoms in total. The number of fused-ring (bicyclic) bond motifs is 5. The van der Waals surface area contributed by atoms with Gasteiger partial charge < -0.3 is 10.0 Å². The maximum absolute atomic E-state index is 12.2. The zero-order chi connectivity index (χ0) is 16.6. The van der Waals surface area contributed by atoms with Gasteiger partial charge in [0, 0.05) is 19.5 Å². The summed E-state index contributed by atoms with van der Waals surface area (Å²) in [5.41, 5.74) is 0.434. The van der Waals surface area contributed by atoms with E-state index in [1.54, 1.807) is 0 Å². The highest BCUT2D eigenvalue weighted by molar-refractivity contribution is 5.77. The summed E-state index contributed by atoms with van der Waals surface area (Å²) in [4.78, 5) is 14.3. The fraction of sp³-hybridized carbons (Fsp3) is 0.950. The lowest BCUT2D eigenvalue weighted by molar-refractivity contribution is -0.168.